The average molecular weight is 356 g/mol. The molecule has 1 aromatic carbocycles. The number of carbonyl (C=O) groups excluding carboxylic acids is 1. The number of hydrogen-bond acceptors (Lipinski definition) is 4. The summed E-state index contributed by atoms with van der Waals surface area (Å²) in [7, 11) is 0. The molecule has 0 spiro atoms. The van der Waals surface area contributed by atoms with E-state index >= 15 is 0 Å². The highest BCUT2D eigenvalue weighted by Gasteiger charge is 2.19. The van der Waals surface area contributed by atoms with E-state index in [4.69, 9.17) is 4.74 Å². The van der Waals surface area contributed by atoms with E-state index in [0.717, 1.165) is 54.4 Å². The van der Waals surface area contributed by atoms with Crippen LogP contribution in [-0.4, -0.2) is 41.2 Å². The molecule has 1 aromatic heterocycles. The van der Waals surface area contributed by atoms with Gasteiger partial charge >= 0.3 is 0 Å². The summed E-state index contributed by atoms with van der Waals surface area (Å²) in [5.41, 5.74) is 1.85. The molecule has 25 heavy (non-hydrogen) atoms. The molecular formula is C20H24N2O2S. The minimum Gasteiger partial charge on any atom is -0.493 e. The van der Waals surface area contributed by atoms with Gasteiger partial charge < -0.3 is 9.64 Å². The van der Waals surface area contributed by atoms with Gasteiger partial charge in [-0.15, -0.1) is 11.8 Å². The lowest BCUT2D eigenvalue weighted by Gasteiger charge is -2.14. The molecule has 132 valence electrons. The van der Waals surface area contributed by atoms with E-state index < -0.39 is 0 Å². The summed E-state index contributed by atoms with van der Waals surface area (Å²) in [5.74, 6) is 2.00. The molecule has 1 aliphatic rings. The van der Waals surface area contributed by atoms with Crippen molar-refractivity contribution in [2.75, 3.05) is 25.4 Å². The monoisotopic (exact) mass is 356 g/mol. The predicted octanol–water partition coefficient (Wildman–Crippen LogP) is 4.19. The number of likely N-dealkylation sites (tertiary alicyclic amines) is 1. The predicted molar refractivity (Wildman–Crippen MR) is 101 cm³/mol. The fraction of sp³-hybridized carbons (Fsp3) is 0.400. The molecule has 2 heterocycles. The number of nitrogens with zero attached hydrogens (tertiary/aromatic N) is 2. The Kier molecular flexibility index (Phi) is 6.34. The van der Waals surface area contributed by atoms with Crippen LogP contribution in [0.25, 0.3) is 0 Å². The molecule has 0 N–H and O–H groups in total. The van der Waals surface area contributed by atoms with Crippen LogP contribution < -0.4 is 4.74 Å². The number of aromatic nitrogens is 1. The third kappa shape index (κ3) is 4.98. The molecule has 3 rings (SSSR count). The number of amides is 1. The fourth-order valence-corrected chi connectivity index (χ4v) is 3.59. The van der Waals surface area contributed by atoms with Crippen molar-refractivity contribution in [1.82, 2.24) is 9.88 Å². The van der Waals surface area contributed by atoms with Crippen LogP contribution >= 0.6 is 11.8 Å². The Balaban J connectivity index is 1.40. The molecule has 1 amide bonds. The normalized spacial score (nSPS) is 13.9. The van der Waals surface area contributed by atoms with Crippen molar-refractivity contribution < 1.29 is 9.53 Å². The van der Waals surface area contributed by atoms with Crippen molar-refractivity contribution in [2.24, 2.45) is 0 Å². The van der Waals surface area contributed by atoms with Gasteiger partial charge in [-0.25, -0.2) is 4.98 Å². The highest BCUT2D eigenvalue weighted by atomic mass is 32.2. The average Bonchev–Trinajstić information content (AvgIpc) is 3.17. The van der Waals surface area contributed by atoms with Gasteiger partial charge in [0.05, 0.1) is 17.2 Å². The summed E-state index contributed by atoms with van der Waals surface area (Å²) in [6.07, 6.45) is 4.87. The smallest absolute Gasteiger partial charge is 0.255 e. The van der Waals surface area contributed by atoms with Crippen LogP contribution in [0.4, 0.5) is 0 Å². The summed E-state index contributed by atoms with van der Waals surface area (Å²) in [6.45, 7) is 4.49. The molecule has 0 radical (unpaired) electrons. The second-order valence-electron chi connectivity index (χ2n) is 6.20. The lowest BCUT2D eigenvalue weighted by molar-refractivity contribution is 0.0792. The van der Waals surface area contributed by atoms with Gasteiger partial charge in [-0.1, -0.05) is 18.2 Å². The number of para-hydroxylation sites is 1. The quantitative estimate of drug-likeness (QED) is 0.551. The maximum Gasteiger partial charge on any atom is 0.255 e. The number of pyridine rings is 1. The molecule has 4 nitrogen and oxygen atoms in total. The molecule has 1 fully saturated rings. The van der Waals surface area contributed by atoms with E-state index in [0.29, 0.717) is 12.2 Å². The van der Waals surface area contributed by atoms with Crippen molar-refractivity contribution in [3.63, 3.8) is 0 Å². The molecule has 0 unspecified atom stereocenters. The molecular weight excluding hydrogens is 332 g/mol. The van der Waals surface area contributed by atoms with Crippen LogP contribution in [0, 0.1) is 6.92 Å². The van der Waals surface area contributed by atoms with Crippen molar-refractivity contribution >= 4 is 17.7 Å². The first-order valence-corrected chi connectivity index (χ1v) is 9.79. The molecule has 0 atom stereocenters. The van der Waals surface area contributed by atoms with Crippen LogP contribution in [0.5, 0.6) is 5.75 Å². The van der Waals surface area contributed by atoms with Gasteiger partial charge in [-0.3, -0.25) is 4.79 Å². The van der Waals surface area contributed by atoms with E-state index in [1.54, 1.807) is 18.0 Å². The Morgan fingerprint density at radius 3 is 2.72 bits per heavy atom. The lowest BCUT2D eigenvalue weighted by Crippen LogP contribution is -2.27. The Labute approximate surface area is 153 Å². The summed E-state index contributed by atoms with van der Waals surface area (Å²) in [4.78, 5) is 18.6. The van der Waals surface area contributed by atoms with Crippen LogP contribution in [-0.2, 0) is 0 Å². The van der Waals surface area contributed by atoms with E-state index in [1.165, 1.54) is 0 Å². The number of benzene rings is 1. The molecule has 2 aromatic rings. The molecule has 0 aliphatic carbocycles. The Bertz CT molecular complexity index is 697. The maximum atomic E-state index is 12.3. The second kappa shape index (κ2) is 8.90. The highest BCUT2D eigenvalue weighted by Crippen LogP contribution is 2.20. The minimum absolute atomic E-state index is 0.105. The Morgan fingerprint density at radius 2 is 2.00 bits per heavy atom. The fourth-order valence-electron chi connectivity index (χ4n) is 2.83. The van der Waals surface area contributed by atoms with Gasteiger partial charge in [0.1, 0.15) is 5.75 Å². The zero-order valence-electron chi connectivity index (χ0n) is 14.6. The van der Waals surface area contributed by atoms with Crippen LogP contribution in [0.2, 0.25) is 0 Å². The van der Waals surface area contributed by atoms with E-state index in [2.05, 4.69) is 18.0 Å². The Morgan fingerprint density at radius 1 is 1.20 bits per heavy atom. The molecule has 0 saturated carbocycles. The summed E-state index contributed by atoms with van der Waals surface area (Å²) < 4.78 is 5.80. The first kappa shape index (κ1) is 17.8. The topological polar surface area (TPSA) is 42.4 Å². The summed E-state index contributed by atoms with van der Waals surface area (Å²) in [6, 6.07) is 11.9. The van der Waals surface area contributed by atoms with E-state index in [1.807, 2.05) is 35.2 Å². The van der Waals surface area contributed by atoms with Gasteiger partial charge in [0.2, 0.25) is 0 Å². The van der Waals surface area contributed by atoms with Crippen molar-refractivity contribution in [3.8, 4) is 5.75 Å². The zero-order valence-corrected chi connectivity index (χ0v) is 15.4. The van der Waals surface area contributed by atoms with Crippen molar-refractivity contribution in [3.05, 3.63) is 53.7 Å². The zero-order chi connectivity index (χ0) is 17.5. The summed E-state index contributed by atoms with van der Waals surface area (Å²) in [5, 5.41) is 0.953. The SMILES string of the molecule is Cc1ccccc1OCCCSc1ccc(C(=O)N2CCCC2)cn1. The van der Waals surface area contributed by atoms with Crippen LogP contribution in [0.15, 0.2) is 47.6 Å². The minimum atomic E-state index is 0.105. The van der Waals surface area contributed by atoms with E-state index in [-0.39, 0.29) is 5.91 Å². The molecule has 0 bridgehead atoms. The first-order chi connectivity index (χ1) is 12.2. The third-order valence-corrected chi connectivity index (χ3v) is 5.30. The number of aryl methyl sites for hydroxylation is 1. The van der Waals surface area contributed by atoms with Crippen molar-refractivity contribution in [2.45, 2.75) is 31.2 Å². The molecule has 1 saturated heterocycles. The number of hydrogen-bond donors (Lipinski definition) is 0. The van der Waals surface area contributed by atoms with Crippen LogP contribution in [0.1, 0.15) is 35.2 Å². The van der Waals surface area contributed by atoms with Gasteiger partial charge in [-0.05, 0) is 49.9 Å². The largest absolute Gasteiger partial charge is 0.493 e. The number of ether oxygens (including phenoxy) is 1. The first-order valence-electron chi connectivity index (χ1n) is 8.80. The number of rotatable bonds is 7. The summed E-state index contributed by atoms with van der Waals surface area (Å²) >= 11 is 1.70. The van der Waals surface area contributed by atoms with Gasteiger partial charge in [0.15, 0.2) is 0 Å². The molecule has 1 aliphatic heterocycles. The highest BCUT2D eigenvalue weighted by molar-refractivity contribution is 7.99. The Hall–Kier alpha value is -2.01. The van der Waals surface area contributed by atoms with Gasteiger partial charge in [0, 0.05) is 25.0 Å². The number of thioether (sulfide) groups is 1. The second-order valence-corrected chi connectivity index (χ2v) is 7.32. The standard InChI is InChI=1S/C20H24N2O2S/c1-16-7-2-3-8-18(16)24-13-6-14-25-19-10-9-17(15-21-19)20(23)22-11-4-5-12-22/h2-3,7-10,15H,4-6,11-14H2,1H3. The maximum absolute atomic E-state index is 12.3. The van der Waals surface area contributed by atoms with Gasteiger partial charge in [0.25, 0.3) is 5.91 Å². The lowest BCUT2D eigenvalue weighted by atomic mass is 10.2. The van der Waals surface area contributed by atoms with Gasteiger partial charge in [-0.2, -0.15) is 0 Å². The third-order valence-electron chi connectivity index (χ3n) is 4.27. The van der Waals surface area contributed by atoms with Crippen LogP contribution in [0.3, 0.4) is 0 Å². The van der Waals surface area contributed by atoms with Crippen molar-refractivity contribution in [1.29, 1.82) is 0 Å². The number of carbonyl (C=O) groups is 1. The molecule has 5 heteroatoms. The van der Waals surface area contributed by atoms with E-state index in [9.17, 15) is 4.79 Å².